The van der Waals surface area contributed by atoms with Gasteiger partial charge in [-0.15, -0.1) is 0 Å². The van der Waals surface area contributed by atoms with Crippen LogP contribution in [0.4, 0.5) is 5.69 Å². The average molecular weight is 280 g/mol. The van der Waals surface area contributed by atoms with E-state index in [1.54, 1.807) is 12.1 Å². The third kappa shape index (κ3) is 4.79. The summed E-state index contributed by atoms with van der Waals surface area (Å²) < 4.78 is 10.1. The molecular weight excluding hydrogens is 260 g/mol. The Morgan fingerprint density at radius 2 is 2.05 bits per heavy atom. The predicted molar refractivity (Wildman–Crippen MR) is 75.6 cm³/mol. The molecule has 0 saturated heterocycles. The number of benzene rings is 1. The summed E-state index contributed by atoms with van der Waals surface area (Å²) in [5, 5.41) is 2.71. The number of ether oxygens (including phenoxy) is 2. The molecule has 1 rings (SSSR count). The Morgan fingerprint density at radius 1 is 1.35 bits per heavy atom. The number of carbonyl (C=O) groups excluding carboxylic acids is 2. The maximum absolute atomic E-state index is 11.9. The number of hydrogen-bond donors (Lipinski definition) is 2. The van der Waals surface area contributed by atoms with E-state index in [4.69, 9.17) is 15.2 Å². The zero-order chi connectivity index (χ0) is 15.1. The maximum atomic E-state index is 11.9. The zero-order valence-electron chi connectivity index (χ0n) is 11.9. The first-order valence-corrected chi connectivity index (χ1v) is 6.34. The molecule has 0 aliphatic carbocycles. The van der Waals surface area contributed by atoms with E-state index in [-0.39, 0.29) is 30.5 Å². The Labute approximate surface area is 118 Å². The zero-order valence-corrected chi connectivity index (χ0v) is 11.9. The molecule has 0 aliphatic rings. The summed E-state index contributed by atoms with van der Waals surface area (Å²) in [7, 11) is 1.46. The number of nitrogens with one attached hydrogen (secondary N) is 1. The van der Waals surface area contributed by atoms with Crippen LogP contribution >= 0.6 is 0 Å². The maximum Gasteiger partial charge on any atom is 0.342 e. The van der Waals surface area contributed by atoms with E-state index in [0.717, 1.165) is 0 Å². The molecule has 0 bridgehead atoms. The third-order valence-corrected chi connectivity index (χ3v) is 2.46. The normalized spacial score (nSPS) is 10.2. The van der Waals surface area contributed by atoms with Gasteiger partial charge in [-0.1, -0.05) is 0 Å². The molecule has 1 aromatic rings. The average Bonchev–Trinajstić information content (AvgIpc) is 2.37. The highest BCUT2D eigenvalue weighted by Gasteiger charge is 2.14. The Bertz CT molecular complexity index is 486. The lowest BCUT2D eigenvalue weighted by Crippen LogP contribution is -2.31. The fraction of sp³-hybridized carbons (Fsp3) is 0.429. The van der Waals surface area contributed by atoms with Gasteiger partial charge in [0.1, 0.15) is 17.9 Å². The van der Waals surface area contributed by atoms with Crippen molar-refractivity contribution in [1.82, 2.24) is 5.32 Å². The first-order chi connectivity index (χ1) is 9.43. The van der Waals surface area contributed by atoms with Crippen molar-refractivity contribution < 1.29 is 19.1 Å². The second kappa shape index (κ2) is 7.37. The fourth-order valence-corrected chi connectivity index (χ4v) is 1.59. The summed E-state index contributed by atoms with van der Waals surface area (Å²) in [6, 6.07) is 4.77. The standard InChI is InChI=1S/C14H20N2O4/c1-9(2)16-13(17)6-7-20-14(18)11-8-10(15)4-5-12(11)19-3/h4-5,8-9H,6-7,15H2,1-3H3,(H,16,17). The molecule has 0 spiro atoms. The quantitative estimate of drug-likeness (QED) is 0.606. The fourth-order valence-electron chi connectivity index (χ4n) is 1.59. The molecule has 0 saturated carbocycles. The van der Waals surface area contributed by atoms with Gasteiger partial charge in [0, 0.05) is 11.7 Å². The molecule has 0 radical (unpaired) electrons. The number of methoxy groups -OCH3 is 1. The summed E-state index contributed by atoms with van der Waals surface area (Å²) in [6.07, 6.45) is 0.120. The van der Waals surface area contributed by atoms with Crippen LogP contribution in [0.25, 0.3) is 0 Å². The second-order valence-electron chi connectivity index (χ2n) is 4.57. The monoisotopic (exact) mass is 280 g/mol. The van der Waals surface area contributed by atoms with Crippen molar-refractivity contribution >= 4 is 17.6 Å². The van der Waals surface area contributed by atoms with Gasteiger partial charge in [-0.3, -0.25) is 4.79 Å². The van der Waals surface area contributed by atoms with Crippen LogP contribution in [0, 0.1) is 0 Å². The second-order valence-corrected chi connectivity index (χ2v) is 4.57. The van der Waals surface area contributed by atoms with Crippen LogP contribution in [-0.2, 0) is 9.53 Å². The van der Waals surface area contributed by atoms with Gasteiger partial charge in [0.25, 0.3) is 0 Å². The number of carbonyl (C=O) groups is 2. The van der Waals surface area contributed by atoms with Gasteiger partial charge in [-0.2, -0.15) is 0 Å². The SMILES string of the molecule is COc1ccc(N)cc1C(=O)OCCC(=O)NC(C)C. The van der Waals surface area contributed by atoms with E-state index >= 15 is 0 Å². The molecule has 0 unspecified atom stereocenters. The van der Waals surface area contributed by atoms with Crippen molar-refractivity contribution in [2.45, 2.75) is 26.3 Å². The van der Waals surface area contributed by atoms with Gasteiger partial charge in [0.15, 0.2) is 0 Å². The molecule has 1 amide bonds. The van der Waals surface area contributed by atoms with Crippen molar-refractivity contribution in [3.63, 3.8) is 0 Å². The van der Waals surface area contributed by atoms with E-state index < -0.39 is 5.97 Å². The first-order valence-electron chi connectivity index (χ1n) is 6.34. The van der Waals surface area contributed by atoms with Crippen LogP contribution in [-0.4, -0.2) is 31.6 Å². The van der Waals surface area contributed by atoms with Crippen molar-refractivity contribution in [3.05, 3.63) is 23.8 Å². The van der Waals surface area contributed by atoms with Crippen molar-refractivity contribution in [2.75, 3.05) is 19.5 Å². The van der Waals surface area contributed by atoms with Crippen LogP contribution in [0.3, 0.4) is 0 Å². The minimum atomic E-state index is -0.563. The Morgan fingerprint density at radius 3 is 2.65 bits per heavy atom. The molecule has 0 atom stereocenters. The molecule has 3 N–H and O–H groups in total. The molecule has 0 aromatic heterocycles. The van der Waals surface area contributed by atoms with Gasteiger partial charge < -0.3 is 20.5 Å². The molecule has 6 nitrogen and oxygen atoms in total. The Hall–Kier alpha value is -2.24. The van der Waals surface area contributed by atoms with E-state index in [1.807, 2.05) is 13.8 Å². The summed E-state index contributed by atoms with van der Waals surface area (Å²) in [4.78, 5) is 23.3. The molecule has 1 aromatic carbocycles. The topological polar surface area (TPSA) is 90.7 Å². The highest BCUT2D eigenvalue weighted by atomic mass is 16.5. The van der Waals surface area contributed by atoms with Crippen LogP contribution < -0.4 is 15.8 Å². The van der Waals surface area contributed by atoms with E-state index in [9.17, 15) is 9.59 Å². The molecule has 0 fully saturated rings. The summed E-state index contributed by atoms with van der Waals surface area (Å²) in [5.41, 5.74) is 6.31. The third-order valence-electron chi connectivity index (χ3n) is 2.46. The van der Waals surface area contributed by atoms with Gasteiger partial charge in [0.05, 0.1) is 13.5 Å². The van der Waals surface area contributed by atoms with Crippen LogP contribution in [0.1, 0.15) is 30.6 Å². The Balaban J connectivity index is 2.55. The molecule has 0 heterocycles. The molecule has 0 aliphatic heterocycles. The highest BCUT2D eigenvalue weighted by Crippen LogP contribution is 2.21. The lowest BCUT2D eigenvalue weighted by molar-refractivity contribution is -0.122. The minimum absolute atomic E-state index is 0.00927. The summed E-state index contributed by atoms with van der Waals surface area (Å²) >= 11 is 0. The number of nitrogens with two attached hydrogens (primary N) is 1. The number of rotatable bonds is 6. The summed E-state index contributed by atoms with van der Waals surface area (Å²) in [5.74, 6) is -0.338. The van der Waals surface area contributed by atoms with Crippen LogP contribution in [0.15, 0.2) is 18.2 Å². The minimum Gasteiger partial charge on any atom is -0.496 e. The number of esters is 1. The van der Waals surface area contributed by atoms with Crippen molar-refractivity contribution in [1.29, 1.82) is 0 Å². The first kappa shape index (κ1) is 15.8. The predicted octanol–water partition coefficient (Wildman–Crippen LogP) is 1.35. The van der Waals surface area contributed by atoms with Gasteiger partial charge >= 0.3 is 5.97 Å². The lowest BCUT2D eigenvalue weighted by Gasteiger charge is -2.10. The van der Waals surface area contributed by atoms with Crippen molar-refractivity contribution in [2.24, 2.45) is 0 Å². The lowest BCUT2D eigenvalue weighted by atomic mass is 10.2. The van der Waals surface area contributed by atoms with Crippen LogP contribution in [0.5, 0.6) is 5.75 Å². The number of nitrogen functional groups attached to an aromatic ring is 1. The molecular formula is C14H20N2O4. The van der Waals surface area contributed by atoms with Gasteiger partial charge in [0.2, 0.25) is 5.91 Å². The molecule has 110 valence electrons. The highest BCUT2D eigenvalue weighted by molar-refractivity contribution is 5.93. The summed E-state index contributed by atoms with van der Waals surface area (Å²) in [6.45, 7) is 3.73. The van der Waals surface area contributed by atoms with Gasteiger partial charge in [-0.05, 0) is 32.0 Å². The number of hydrogen-bond acceptors (Lipinski definition) is 5. The van der Waals surface area contributed by atoms with Crippen LogP contribution in [0.2, 0.25) is 0 Å². The van der Waals surface area contributed by atoms with E-state index in [2.05, 4.69) is 5.32 Å². The van der Waals surface area contributed by atoms with E-state index in [1.165, 1.54) is 13.2 Å². The Kier molecular flexibility index (Phi) is 5.83. The van der Waals surface area contributed by atoms with Gasteiger partial charge in [-0.25, -0.2) is 4.79 Å². The molecule has 20 heavy (non-hydrogen) atoms. The number of anilines is 1. The largest absolute Gasteiger partial charge is 0.496 e. The smallest absolute Gasteiger partial charge is 0.342 e. The molecule has 6 heteroatoms. The van der Waals surface area contributed by atoms with Crippen molar-refractivity contribution in [3.8, 4) is 5.75 Å². The van der Waals surface area contributed by atoms with E-state index in [0.29, 0.717) is 11.4 Å². The number of amides is 1.